The molecule has 1 aromatic rings. The van der Waals surface area contributed by atoms with Gasteiger partial charge in [0.05, 0.1) is 12.3 Å². The summed E-state index contributed by atoms with van der Waals surface area (Å²) in [4.78, 5) is 18.6. The average Bonchev–Trinajstić information content (AvgIpc) is 3.00. The van der Waals surface area contributed by atoms with Crippen molar-refractivity contribution in [3.05, 3.63) is 22.4 Å². The molecule has 24 heavy (non-hydrogen) atoms. The largest absolute Gasteiger partial charge is 0.354 e. The molecule has 1 atom stereocenters. The lowest BCUT2D eigenvalue weighted by Crippen LogP contribution is -2.43. The van der Waals surface area contributed by atoms with Crippen molar-refractivity contribution in [2.24, 2.45) is 4.99 Å². The molecule has 1 aromatic heterocycles. The molecule has 7 nitrogen and oxygen atoms in total. The third kappa shape index (κ3) is 8.88. The Hall–Kier alpha value is -1.61. The normalized spacial score (nSPS) is 13.4. The van der Waals surface area contributed by atoms with Crippen LogP contribution in [0.3, 0.4) is 0 Å². The number of nitrogens with one attached hydrogen (secondary N) is 2. The quantitative estimate of drug-likeness (QED) is 0.516. The molecular weight excluding hydrogens is 348 g/mol. The van der Waals surface area contributed by atoms with Gasteiger partial charge in [0.15, 0.2) is 5.96 Å². The van der Waals surface area contributed by atoms with E-state index < -0.39 is 9.84 Å². The summed E-state index contributed by atoms with van der Waals surface area (Å²) in [6.45, 7) is 2.52. The summed E-state index contributed by atoms with van der Waals surface area (Å²) in [7, 11) is 0.360. The monoisotopic (exact) mass is 374 g/mol. The molecule has 0 spiro atoms. The van der Waals surface area contributed by atoms with Crippen LogP contribution in [0.4, 0.5) is 0 Å². The van der Waals surface area contributed by atoms with E-state index in [0.29, 0.717) is 18.9 Å². The summed E-state index contributed by atoms with van der Waals surface area (Å²) < 4.78 is 22.5. The van der Waals surface area contributed by atoms with Crippen molar-refractivity contribution in [3.8, 4) is 0 Å². The van der Waals surface area contributed by atoms with E-state index in [0.717, 1.165) is 4.88 Å². The molecule has 1 unspecified atom stereocenters. The highest BCUT2D eigenvalue weighted by molar-refractivity contribution is 7.90. The molecule has 0 aliphatic carbocycles. The lowest BCUT2D eigenvalue weighted by molar-refractivity contribution is -0.127. The number of rotatable bonds is 8. The Balaban J connectivity index is 2.64. The first-order valence-corrected chi connectivity index (χ1v) is 10.6. The van der Waals surface area contributed by atoms with Crippen molar-refractivity contribution < 1.29 is 13.2 Å². The van der Waals surface area contributed by atoms with Crippen molar-refractivity contribution in [3.63, 3.8) is 0 Å². The van der Waals surface area contributed by atoms with Gasteiger partial charge in [-0.3, -0.25) is 4.79 Å². The van der Waals surface area contributed by atoms with Crippen molar-refractivity contribution in [2.75, 3.05) is 32.6 Å². The Morgan fingerprint density at radius 3 is 2.67 bits per heavy atom. The minimum atomic E-state index is -3.00. The summed E-state index contributed by atoms with van der Waals surface area (Å²) in [6.07, 6.45) is 1.69. The predicted molar refractivity (Wildman–Crippen MR) is 99.1 cm³/mol. The molecule has 0 radical (unpaired) electrons. The number of likely N-dealkylation sites (N-methyl/N-ethyl adjacent to an activating group) is 1. The highest BCUT2D eigenvalue weighted by Gasteiger charge is 2.11. The van der Waals surface area contributed by atoms with Crippen LogP contribution in [0.15, 0.2) is 22.5 Å². The maximum absolute atomic E-state index is 11.7. The van der Waals surface area contributed by atoms with Gasteiger partial charge in [0.25, 0.3) is 0 Å². The second-order valence-corrected chi connectivity index (χ2v) is 9.14. The number of carbonyl (C=O) groups is 1. The van der Waals surface area contributed by atoms with Crippen LogP contribution in [0.25, 0.3) is 0 Å². The molecule has 0 bridgehead atoms. The molecule has 0 aromatic carbocycles. The van der Waals surface area contributed by atoms with Crippen LogP contribution in [0, 0.1) is 0 Å². The Bertz CT molecular complexity index is 640. The van der Waals surface area contributed by atoms with Gasteiger partial charge in [-0.05, 0) is 24.8 Å². The topological polar surface area (TPSA) is 90.9 Å². The zero-order chi connectivity index (χ0) is 18.2. The number of sulfone groups is 1. The Kier molecular flexibility index (Phi) is 8.20. The molecule has 0 saturated heterocycles. The zero-order valence-electron chi connectivity index (χ0n) is 14.6. The molecule has 0 saturated carbocycles. The van der Waals surface area contributed by atoms with Gasteiger partial charge in [-0.1, -0.05) is 6.07 Å². The number of carbonyl (C=O) groups excluding carboxylic acids is 1. The summed E-state index contributed by atoms with van der Waals surface area (Å²) in [5.41, 5.74) is 0. The maximum Gasteiger partial charge on any atom is 0.243 e. The van der Waals surface area contributed by atoms with E-state index in [2.05, 4.69) is 15.6 Å². The van der Waals surface area contributed by atoms with Crippen LogP contribution in [0.2, 0.25) is 0 Å². The van der Waals surface area contributed by atoms with Gasteiger partial charge in [-0.25, -0.2) is 13.4 Å². The molecule has 1 amide bonds. The predicted octanol–water partition coefficient (Wildman–Crippen LogP) is 0.695. The van der Waals surface area contributed by atoms with Crippen molar-refractivity contribution in [1.29, 1.82) is 0 Å². The molecule has 9 heteroatoms. The number of nitrogens with zero attached hydrogens (tertiary/aromatic N) is 2. The number of hydrogen-bond acceptors (Lipinski definition) is 5. The minimum absolute atomic E-state index is 0.0333. The Morgan fingerprint density at radius 1 is 1.42 bits per heavy atom. The van der Waals surface area contributed by atoms with E-state index in [1.54, 1.807) is 25.4 Å². The first-order chi connectivity index (χ1) is 11.2. The molecule has 1 rings (SSSR count). The number of amides is 1. The Morgan fingerprint density at radius 2 is 2.12 bits per heavy atom. The zero-order valence-corrected chi connectivity index (χ0v) is 16.2. The highest BCUT2D eigenvalue weighted by Crippen LogP contribution is 2.07. The van der Waals surface area contributed by atoms with Crippen molar-refractivity contribution >= 4 is 33.0 Å². The SMILES string of the molecule is CC(CCS(C)(=O)=O)NC(=NCC(=O)N(C)C)NCc1cccs1. The number of hydrogen-bond donors (Lipinski definition) is 2. The van der Waals surface area contributed by atoms with Crippen LogP contribution < -0.4 is 10.6 Å². The van der Waals surface area contributed by atoms with Crippen LogP contribution in [-0.4, -0.2) is 63.9 Å². The fourth-order valence-corrected chi connectivity index (χ4v) is 3.15. The molecule has 2 N–H and O–H groups in total. The van der Waals surface area contributed by atoms with Crippen molar-refractivity contribution in [1.82, 2.24) is 15.5 Å². The van der Waals surface area contributed by atoms with Gasteiger partial charge in [0, 0.05) is 31.3 Å². The van der Waals surface area contributed by atoms with Gasteiger partial charge in [-0.15, -0.1) is 11.3 Å². The fraction of sp³-hybridized carbons (Fsp3) is 0.600. The molecular formula is C15H26N4O3S2. The first kappa shape index (κ1) is 20.4. The molecule has 0 aliphatic rings. The summed E-state index contributed by atoms with van der Waals surface area (Å²) in [5, 5.41) is 8.32. The number of aliphatic imine (C=N–C) groups is 1. The summed E-state index contributed by atoms with van der Waals surface area (Å²) in [5.74, 6) is 0.506. The lowest BCUT2D eigenvalue weighted by Gasteiger charge is -2.18. The van der Waals surface area contributed by atoms with Gasteiger partial charge in [0.1, 0.15) is 16.4 Å². The van der Waals surface area contributed by atoms with E-state index in [1.165, 1.54) is 11.2 Å². The second-order valence-electron chi connectivity index (χ2n) is 5.85. The maximum atomic E-state index is 11.7. The minimum Gasteiger partial charge on any atom is -0.354 e. The average molecular weight is 375 g/mol. The van der Waals surface area contributed by atoms with E-state index in [1.807, 2.05) is 24.4 Å². The summed E-state index contributed by atoms with van der Waals surface area (Å²) >= 11 is 1.63. The van der Waals surface area contributed by atoms with Crippen LogP contribution >= 0.6 is 11.3 Å². The van der Waals surface area contributed by atoms with Crippen LogP contribution in [-0.2, 0) is 21.2 Å². The number of guanidine groups is 1. The van der Waals surface area contributed by atoms with Gasteiger partial charge in [0.2, 0.25) is 5.91 Å². The standard InChI is InChI=1S/C15H26N4O3S2/c1-12(7-9-24(4,21)22)18-15(17-11-14(20)19(2)3)16-10-13-6-5-8-23-13/h5-6,8,12H,7,9-11H2,1-4H3,(H2,16,17,18). The molecule has 136 valence electrons. The van der Waals surface area contributed by atoms with Crippen LogP contribution in [0.1, 0.15) is 18.2 Å². The second kappa shape index (κ2) is 9.63. The lowest BCUT2D eigenvalue weighted by atomic mass is 10.3. The molecule has 0 aliphatic heterocycles. The third-order valence-corrected chi connectivity index (χ3v) is 5.04. The van der Waals surface area contributed by atoms with Crippen LogP contribution in [0.5, 0.6) is 0 Å². The first-order valence-electron chi connectivity index (χ1n) is 7.62. The van der Waals surface area contributed by atoms with E-state index in [-0.39, 0.29) is 24.2 Å². The molecule has 0 fully saturated rings. The smallest absolute Gasteiger partial charge is 0.243 e. The molecule has 1 heterocycles. The number of thiophene rings is 1. The summed E-state index contributed by atoms with van der Waals surface area (Å²) in [6, 6.07) is 3.90. The Labute approximate surface area is 148 Å². The van der Waals surface area contributed by atoms with Crippen molar-refractivity contribution in [2.45, 2.75) is 25.9 Å². The third-order valence-electron chi connectivity index (χ3n) is 3.19. The van der Waals surface area contributed by atoms with E-state index in [4.69, 9.17) is 0 Å². The van der Waals surface area contributed by atoms with Gasteiger partial charge >= 0.3 is 0 Å². The van der Waals surface area contributed by atoms with Gasteiger partial charge < -0.3 is 15.5 Å². The van der Waals surface area contributed by atoms with E-state index >= 15 is 0 Å². The highest BCUT2D eigenvalue weighted by atomic mass is 32.2. The fourth-order valence-electron chi connectivity index (χ4n) is 1.72. The van der Waals surface area contributed by atoms with Gasteiger partial charge in [-0.2, -0.15) is 0 Å². The van der Waals surface area contributed by atoms with E-state index in [9.17, 15) is 13.2 Å².